The summed E-state index contributed by atoms with van der Waals surface area (Å²) in [5.41, 5.74) is 1.52. The van der Waals surface area contributed by atoms with Gasteiger partial charge in [-0.25, -0.2) is 4.79 Å². The Morgan fingerprint density at radius 2 is 1.93 bits per heavy atom. The van der Waals surface area contributed by atoms with Crippen molar-refractivity contribution in [2.24, 2.45) is 0 Å². The molecule has 220 valence electrons. The highest BCUT2D eigenvalue weighted by Crippen LogP contribution is 2.34. The molecule has 5 N–H and O–H groups in total. The summed E-state index contributed by atoms with van der Waals surface area (Å²) in [5.74, 6) is 0.362. The van der Waals surface area contributed by atoms with Gasteiger partial charge >= 0.3 is 12.0 Å². The van der Waals surface area contributed by atoms with Gasteiger partial charge in [-0.15, -0.1) is 0 Å². The van der Waals surface area contributed by atoms with Gasteiger partial charge in [-0.05, 0) is 18.4 Å². The van der Waals surface area contributed by atoms with E-state index in [0.29, 0.717) is 17.2 Å². The highest BCUT2D eigenvalue weighted by atomic mass is 127. The number of fused-ring (bicyclic) bond motifs is 2. The number of alkyl halides is 1. The highest BCUT2D eigenvalue weighted by molar-refractivity contribution is 14.1. The normalized spacial score (nSPS) is 34.8. The van der Waals surface area contributed by atoms with Crippen LogP contribution in [0.5, 0.6) is 0 Å². The Morgan fingerprint density at radius 3 is 2.70 bits per heavy atom. The molecule has 2 unspecified atom stereocenters. The molecule has 0 aliphatic carbocycles. The lowest BCUT2D eigenvalue weighted by molar-refractivity contribution is -0.330. The number of esters is 1. The molecule has 14 heteroatoms. The van der Waals surface area contributed by atoms with Crippen molar-refractivity contribution < 1.29 is 43.5 Å². The summed E-state index contributed by atoms with van der Waals surface area (Å²) in [6.45, 7) is 0.264. The lowest BCUT2D eigenvalue weighted by atomic mass is 9.97. The summed E-state index contributed by atoms with van der Waals surface area (Å²) in [6, 6.07) is 7.53. The maximum atomic E-state index is 12.2. The SMILES string of the molecule is O=C(CI)N[C@@H]1O[C@@H]2COC(c3ccc(COC(=O)CCCC[C@@H]4SC[C@@H]5NC(=O)N[C@@H]54)cc3)OC2[C@H](O)[C@H]1O. The first-order valence-corrected chi connectivity index (χ1v) is 16.0. The third kappa shape index (κ3) is 7.02. The van der Waals surface area contributed by atoms with Crippen LogP contribution in [0.25, 0.3) is 0 Å². The van der Waals surface area contributed by atoms with Gasteiger partial charge in [0, 0.05) is 23.0 Å². The summed E-state index contributed by atoms with van der Waals surface area (Å²) >= 11 is 3.77. The van der Waals surface area contributed by atoms with Crippen LogP contribution in [0.3, 0.4) is 0 Å². The summed E-state index contributed by atoms with van der Waals surface area (Å²) < 4.78 is 23.1. The fraction of sp³-hybridized carbons (Fsp3) is 0.654. The second kappa shape index (κ2) is 13.5. The molecule has 5 rings (SSSR count). The largest absolute Gasteiger partial charge is 0.461 e. The molecule has 4 fully saturated rings. The van der Waals surface area contributed by atoms with E-state index < -0.39 is 36.9 Å². The first-order chi connectivity index (χ1) is 19.3. The maximum Gasteiger partial charge on any atom is 0.315 e. The van der Waals surface area contributed by atoms with E-state index in [1.54, 1.807) is 12.1 Å². The quantitative estimate of drug-likeness (QED) is 0.0782. The summed E-state index contributed by atoms with van der Waals surface area (Å²) in [6.07, 6.45) is -2.97. The number of ether oxygens (including phenoxy) is 4. The minimum absolute atomic E-state index is 0.0881. The van der Waals surface area contributed by atoms with E-state index >= 15 is 0 Å². The van der Waals surface area contributed by atoms with Gasteiger partial charge in [0.05, 0.1) is 23.1 Å². The Kier molecular flexibility index (Phi) is 10.1. The van der Waals surface area contributed by atoms with Gasteiger partial charge in [-0.2, -0.15) is 11.8 Å². The van der Waals surface area contributed by atoms with E-state index in [9.17, 15) is 24.6 Å². The topological polar surface area (TPSA) is 165 Å². The van der Waals surface area contributed by atoms with Gasteiger partial charge in [-0.3, -0.25) is 9.59 Å². The second-order valence-electron chi connectivity index (χ2n) is 10.3. The van der Waals surface area contributed by atoms with Crippen LogP contribution in [0.1, 0.15) is 43.1 Å². The van der Waals surface area contributed by atoms with Gasteiger partial charge in [0.15, 0.2) is 12.5 Å². The van der Waals surface area contributed by atoms with Crippen LogP contribution in [0.2, 0.25) is 0 Å². The lowest BCUT2D eigenvalue weighted by Gasteiger charge is -2.46. The molecule has 40 heavy (non-hydrogen) atoms. The van der Waals surface area contributed by atoms with Crippen LogP contribution in [0.4, 0.5) is 4.79 Å². The van der Waals surface area contributed by atoms with Gasteiger partial charge in [-0.1, -0.05) is 53.3 Å². The van der Waals surface area contributed by atoms with Crippen LogP contribution in [0.15, 0.2) is 24.3 Å². The van der Waals surface area contributed by atoms with Crippen molar-refractivity contribution >= 4 is 52.3 Å². The molecule has 0 radical (unpaired) electrons. The van der Waals surface area contributed by atoms with Crippen LogP contribution in [-0.4, -0.2) is 92.9 Å². The molecule has 0 aromatic heterocycles. The van der Waals surface area contributed by atoms with Crippen LogP contribution < -0.4 is 16.0 Å². The number of aliphatic hydroxyl groups excluding tert-OH is 2. The molecule has 9 atom stereocenters. The maximum absolute atomic E-state index is 12.2. The molecule has 0 spiro atoms. The molecule has 0 bridgehead atoms. The number of hydrogen-bond donors (Lipinski definition) is 5. The van der Waals surface area contributed by atoms with Crippen LogP contribution >= 0.6 is 34.4 Å². The van der Waals surface area contributed by atoms with Gasteiger partial charge in [0.2, 0.25) is 5.91 Å². The molecule has 1 aromatic carbocycles. The predicted octanol–water partition coefficient (Wildman–Crippen LogP) is 0.868. The summed E-state index contributed by atoms with van der Waals surface area (Å²) in [4.78, 5) is 35.4. The minimum atomic E-state index is -1.34. The van der Waals surface area contributed by atoms with Crippen molar-refractivity contribution in [3.05, 3.63) is 35.4 Å². The Morgan fingerprint density at radius 1 is 1.12 bits per heavy atom. The van der Waals surface area contributed by atoms with Crippen molar-refractivity contribution in [3.63, 3.8) is 0 Å². The van der Waals surface area contributed by atoms with Gasteiger partial charge in [0.1, 0.15) is 31.0 Å². The van der Waals surface area contributed by atoms with Crippen molar-refractivity contribution in [1.82, 2.24) is 16.0 Å². The number of thioether (sulfide) groups is 1. The Balaban J connectivity index is 1.02. The molecule has 4 saturated heterocycles. The third-order valence-corrected chi connectivity index (χ3v) is 9.71. The Bertz CT molecular complexity index is 1060. The fourth-order valence-corrected chi connectivity index (χ4v) is 7.13. The number of hydrogen-bond acceptors (Lipinski definition) is 10. The van der Waals surface area contributed by atoms with Crippen LogP contribution in [-0.2, 0) is 35.1 Å². The van der Waals surface area contributed by atoms with E-state index in [4.69, 9.17) is 18.9 Å². The lowest BCUT2D eigenvalue weighted by Crippen LogP contribution is -2.65. The minimum Gasteiger partial charge on any atom is -0.461 e. The molecule has 0 saturated carbocycles. The van der Waals surface area contributed by atoms with E-state index in [0.717, 1.165) is 30.6 Å². The van der Waals surface area contributed by atoms with Crippen molar-refractivity contribution in [3.8, 4) is 0 Å². The number of aliphatic hydroxyl groups is 2. The zero-order chi connectivity index (χ0) is 28.2. The monoisotopic (exact) mass is 691 g/mol. The molecule has 12 nitrogen and oxygen atoms in total. The van der Waals surface area contributed by atoms with Gasteiger partial charge in [0.25, 0.3) is 0 Å². The summed E-state index contributed by atoms with van der Waals surface area (Å²) in [5, 5.41) is 29.9. The zero-order valence-electron chi connectivity index (χ0n) is 21.7. The number of halogens is 1. The second-order valence-corrected chi connectivity index (χ2v) is 12.3. The number of carbonyl (C=O) groups is 3. The van der Waals surface area contributed by atoms with Crippen molar-refractivity contribution in [2.45, 2.75) is 86.6 Å². The molecule has 4 aliphatic rings. The number of urea groups is 1. The average Bonchev–Trinajstić information content (AvgIpc) is 3.52. The van der Waals surface area contributed by atoms with Crippen molar-refractivity contribution in [2.75, 3.05) is 16.8 Å². The first kappa shape index (κ1) is 29.8. The Hall–Kier alpha value is -1.69. The number of unbranched alkanes of at least 4 members (excludes halogenated alkanes) is 1. The smallest absolute Gasteiger partial charge is 0.315 e. The zero-order valence-corrected chi connectivity index (χ0v) is 24.7. The number of rotatable bonds is 10. The van der Waals surface area contributed by atoms with E-state index in [2.05, 4.69) is 16.0 Å². The number of amides is 3. The highest BCUT2D eigenvalue weighted by Gasteiger charge is 2.49. The van der Waals surface area contributed by atoms with E-state index in [1.165, 1.54) is 0 Å². The fourth-order valence-electron chi connectivity index (χ4n) is 5.36. The Labute approximate surface area is 249 Å². The first-order valence-electron chi connectivity index (χ1n) is 13.4. The number of benzene rings is 1. The molecular formula is C26H34IN3O9S. The van der Waals surface area contributed by atoms with Crippen LogP contribution in [0, 0.1) is 0 Å². The number of nitrogens with one attached hydrogen (secondary N) is 3. The molecule has 1 aromatic rings. The van der Waals surface area contributed by atoms with E-state index in [1.807, 2.05) is 46.5 Å². The van der Waals surface area contributed by atoms with E-state index in [-0.39, 0.29) is 47.6 Å². The number of carbonyl (C=O) groups excluding carboxylic acids is 3. The van der Waals surface area contributed by atoms with Crippen molar-refractivity contribution in [1.29, 1.82) is 0 Å². The predicted molar refractivity (Wildman–Crippen MR) is 151 cm³/mol. The average molecular weight is 692 g/mol. The standard InChI is InChI=1S/C26H34IN3O9S/c27-9-18(31)29-24-22(34)21(33)23-16(38-24)11-37-25(39-23)14-7-5-13(6-8-14)10-36-19(32)4-2-1-3-17-20-15(12-40-17)28-26(35)30-20/h5-8,15-17,20-25,33-34H,1-4,9-12H2,(H,29,31)(H2,28,30,35)/t15-,16+,17-,20-,21+,22+,23?,24+,25?/m0/s1. The molecule has 4 aliphatic heterocycles. The van der Waals surface area contributed by atoms with Gasteiger partial charge < -0.3 is 45.1 Å². The molecular weight excluding hydrogens is 657 g/mol. The molecule has 3 amide bonds. The molecule has 4 heterocycles. The summed E-state index contributed by atoms with van der Waals surface area (Å²) in [7, 11) is 0. The third-order valence-electron chi connectivity index (χ3n) is 7.51.